The molecule has 110 valence electrons. The van der Waals surface area contributed by atoms with Gasteiger partial charge in [0.2, 0.25) is 0 Å². The zero-order valence-electron chi connectivity index (χ0n) is 11.7. The van der Waals surface area contributed by atoms with Crippen LogP contribution in [-0.4, -0.2) is 39.5 Å². The van der Waals surface area contributed by atoms with E-state index in [1.54, 1.807) is 10.9 Å². The van der Waals surface area contributed by atoms with Gasteiger partial charge in [-0.15, -0.1) is 0 Å². The minimum Gasteiger partial charge on any atom is -0.306 e. The summed E-state index contributed by atoms with van der Waals surface area (Å²) in [4.78, 5) is 29.4. The molecule has 1 aromatic carbocycles. The Bertz CT molecular complexity index is 747. The summed E-state index contributed by atoms with van der Waals surface area (Å²) < 4.78 is 1.62. The topological polar surface area (TPSA) is 81.3 Å². The summed E-state index contributed by atoms with van der Waals surface area (Å²) in [5.74, 6) is 0. The molecule has 3 rings (SSSR count). The van der Waals surface area contributed by atoms with Gasteiger partial charge in [-0.3, -0.25) is 19.5 Å². The van der Waals surface area contributed by atoms with Gasteiger partial charge in [-0.05, 0) is 39.0 Å². The van der Waals surface area contributed by atoms with Crippen LogP contribution < -0.4 is 5.56 Å². The number of likely N-dealkylation sites (tertiary alicyclic amines) is 1. The Morgan fingerprint density at radius 1 is 1.33 bits per heavy atom. The molecule has 0 bridgehead atoms. The van der Waals surface area contributed by atoms with E-state index in [4.69, 9.17) is 0 Å². The van der Waals surface area contributed by atoms with E-state index in [-0.39, 0.29) is 17.3 Å². The second-order valence-corrected chi connectivity index (χ2v) is 5.45. The first-order valence-corrected chi connectivity index (χ1v) is 6.90. The van der Waals surface area contributed by atoms with Crippen molar-refractivity contribution in [2.75, 3.05) is 20.1 Å². The molecule has 2 aromatic rings. The van der Waals surface area contributed by atoms with Gasteiger partial charge >= 0.3 is 0 Å². The van der Waals surface area contributed by atoms with Gasteiger partial charge < -0.3 is 4.90 Å². The number of non-ortho nitro benzene ring substituents is 1. The molecule has 1 aliphatic rings. The molecule has 1 saturated heterocycles. The molecular weight excluding hydrogens is 272 g/mol. The van der Waals surface area contributed by atoms with Crippen molar-refractivity contribution in [3.8, 4) is 0 Å². The van der Waals surface area contributed by atoms with Gasteiger partial charge in [-0.2, -0.15) is 0 Å². The van der Waals surface area contributed by atoms with Crippen molar-refractivity contribution in [2.45, 2.75) is 18.9 Å². The highest BCUT2D eigenvalue weighted by Crippen LogP contribution is 2.21. The molecule has 21 heavy (non-hydrogen) atoms. The van der Waals surface area contributed by atoms with Crippen LogP contribution in [0.2, 0.25) is 0 Å². The second-order valence-electron chi connectivity index (χ2n) is 5.45. The van der Waals surface area contributed by atoms with Crippen LogP contribution in [0.25, 0.3) is 10.9 Å². The van der Waals surface area contributed by atoms with Crippen LogP contribution in [0.3, 0.4) is 0 Å². The average Bonchev–Trinajstić information content (AvgIpc) is 2.48. The fourth-order valence-electron chi connectivity index (χ4n) is 2.77. The Balaban J connectivity index is 2.06. The summed E-state index contributed by atoms with van der Waals surface area (Å²) in [6.07, 6.45) is 3.34. The van der Waals surface area contributed by atoms with Crippen molar-refractivity contribution in [3.05, 3.63) is 45.0 Å². The van der Waals surface area contributed by atoms with E-state index in [9.17, 15) is 14.9 Å². The average molecular weight is 288 g/mol. The molecule has 7 nitrogen and oxygen atoms in total. The molecule has 0 aliphatic carbocycles. The zero-order chi connectivity index (χ0) is 15.0. The second kappa shape index (κ2) is 5.25. The van der Waals surface area contributed by atoms with Crippen LogP contribution in [0.4, 0.5) is 5.69 Å². The monoisotopic (exact) mass is 288 g/mol. The van der Waals surface area contributed by atoms with E-state index in [0.717, 1.165) is 25.9 Å². The molecule has 0 atom stereocenters. The van der Waals surface area contributed by atoms with Gasteiger partial charge in [-0.1, -0.05) is 0 Å². The van der Waals surface area contributed by atoms with Gasteiger partial charge in [0, 0.05) is 18.2 Å². The minimum absolute atomic E-state index is 0.0810. The predicted octanol–water partition coefficient (Wildman–Crippen LogP) is 1.57. The number of piperidine rings is 1. The van der Waals surface area contributed by atoms with Crippen molar-refractivity contribution in [2.24, 2.45) is 0 Å². The number of aromatic nitrogens is 2. The lowest BCUT2D eigenvalue weighted by atomic mass is 10.1. The number of fused-ring (bicyclic) bond motifs is 1. The van der Waals surface area contributed by atoms with Gasteiger partial charge in [0.05, 0.1) is 22.2 Å². The van der Waals surface area contributed by atoms with Crippen LogP contribution in [0.5, 0.6) is 0 Å². The first kappa shape index (κ1) is 13.7. The van der Waals surface area contributed by atoms with E-state index < -0.39 is 4.92 Å². The SMILES string of the molecule is CN1CCC(n2cnc3ccc([N+](=O)[O-])cc3c2=O)CC1. The standard InChI is InChI=1S/C14H16N4O3/c1-16-6-4-10(5-7-16)17-9-15-13-3-2-11(18(20)21)8-12(13)14(17)19/h2-3,8-10H,4-7H2,1H3. The van der Waals surface area contributed by atoms with E-state index in [1.165, 1.54) is 18.2 Å². The maximum absolute atomic E-state index is 12.6. The molecule has 0 saturated carbocycles. The summed E-state index contributed by atoms with van der Waals surface area (Å²) in [6.45, 7) is 1.87. The third-order valence-electron chi connectivity index (χ3n) is 4.06. The number of nitro groups is 1. The lowest BCUT2D eigenvalue weighted by molar-refractivity contribution is -0.384. The molecule has 0 radical (unpaired) electrons. The summed E-state index contributed by atoms with van der Waals surface area (Å²) in [6, 6.07) is 4.32. The summed E-state index contributed by atoms with van der Waals surface area (Å²) >= 11 is 0. The van der Waals surface area contributed by atoms with Crippen molar-refractivity contribution < 1.29 is 4.92 Å². The highest BCUT2D eigenvalue weighted by Gasteiger charge is 2.20. The minimum atomic E-state index is -0.494. The maximum atomic E-state index is 12.6. The predicted molar refractivity (Wildman–Crippen MR) is 78.4 cm³/mol. The molecule has 2 heterocycles. The highest BCUT2D eigenvalue weighted by atomic mass is 16.6. The fraction of sp³-hybridized carbons (Fsp3) is 0.429. The van der Waals surface area contributed by atoms with E-state index in [0.29, 0.717) is 10.9 Å². The number of nitrogens with zero attached hydrogens (tertiary/aromatic N) is 4. The summed E-state index contributed by atoms with van der Waals surface area (Å²) in [7, 11) is 2.06. The molecule has 0 spiro atoms. The lowest BCUT2D eigenvalue weighted by Gasteiger charge is -2.29. The van der Waals surface area contributed by atoms with Crippen molar-refractivity contribution >= 4 is 16.6 Å². The first-order valence-electron chi connectivity index (χ1n) is 6.90. The molecule has 1 fully saturated rings. The zero-order valence-corrected chi connectivity index (χ0v) is 11.7. The summed E-state index contributed by atoms with van der Waals surface area (Å²) in [5, 5.41) is 11.2. The third-order valence-corrected chi connectivity index (χ3v) is 4.06. The quantitative estimate of drug-likeness (QED) is 0.619. The van der Waals surface area contributed by atoms with Crippen molar-refractivity contribution in [1.29, 1.82) is 0 Å². The normalized spacial score (nSPS) is 17.2. The van der Waals surface area contributed by atoms with Crippen molar-refractivity contribution in [1.82, 2.24) is 14.5 Å². The van der Waals surface area contributed by atoms with E-state index in [1.807, 2.05) is 0 Å². The number of hydrogen-bond acceptors (Lipinski definition) is 5. The Kier molecular flexibility index (Phi) is 3.42. The van der Waals surface area contributed by atoms with E-state index in [2.05, 4.69) is 16.9 Å². The largest absolute Gasteiger partial charge is 0.306 e. The van der Waals surface area contributed by atoms with Gasteiger partial charge in [0.25, 0.3) is 11.2 Å². The lowest BCUT2D eigenvalue weighted by Crippen LogP contribution is -2.35. The number of rotatable bonds is 2. The maximum Gasteiger partial charge on any atom is 0.270 e. The molecule has 1 aliphatic heterocycles. The molecule has 0 amide bonds. The van der Waals surface area contributed by atoms with Gasteiger partial charge in [-0.25, -0.2) is 4.98 Å². The molecule has 7 heteroatoms. The molecule has 1 aromatic heterocycles. The molecule has 0 unspecified atom stereocenters. The van der Waals surface area contributed by atoms with E-state index >= 15 is 0 Å². The number of hydrogen-bond donors (Lipinski definition) is 0. The van der Waals surface area contributed by atoms with Crippen molar-refractivity contribution in [3.63, 3.8) is 0 Å². The van der Waals surface area contributed by atoms with Crippen LogP contribution >= 0.6 is 0 Å². The Morgan fingerprint density at radius 2 is 2.05 bits per heavy atom. The Labute approximate surface area is 121 Å². The molecule has 0 N–H and O–H groups in total. The van der Waals surface area contributed by atoms with Crippen LogP contribution in [0.15, 0.2) is 29.3 Å². The highest BCUT2D eigenvalue weighted by molar-refractivity contribution is 5.79. The Hall–Kier alpha value is -2.28. The molecular formula is C14H16N4O3. The fourth-order valence-corrected chi connectivity index (χ4v) is 2.77. The smallest absolute Gasteiger partial charge is 0.270 e. The summed E-state index contributed by atoms with van der Waals surface area (Å²) in [5.41, 5.74) is 0.218. The number of benzene rings is 1. The third kappa shape index (κ3) is 2.52. The first-order chi connectivity index (χ1) is 10.1. The van der Waals surface area contributed by atoms with Crippen LogP contribution in [0, 0.1) is 10.1 Å². The van der Waals surface area contributed by atoms with Gasteiger partial charge in [0.1, 0.15) is 0 Å². The Morgan fingerprint density at radius 3 is 2.71 bits per heavy atom. The van der Waals surface area contributed by atoms with Crippen LogP contribution in [0.1, 0.15) is 18.9 Å². The number of nitro benzene ring substituents is 1. The van der Waals surface area contributed by atoms with Crippen LogP contribution in [-0.2, 0) is 0 Å². The van der Waals surface area contributed by atoms with Gasteiger partial charge in [0.15, 0.2) is 0 Å².